The first-order valence-electron chi connectivity index (χ1n) is 11.3. The van der Waals surface area contributed by atoms with Crippen molar-refractivity contribution in [1.82, 2.24) is 0 Å². The van der Waals surface area contributed by atoms with E-state index < -0.39 is 23.7 Å². The van der Waals surface area contributed by atoms with Crippen molar-refractivity contribution in [3.8, 4) is 0 Å². The second-order valence-electron chi connectivity index (χ2n) is 9.35. The lowest BCUT2D eigenvalue weighted by atomic mass is 9.81. The average Bonchev–Trinajstić information content (AvgIpc) is 2.69. The van der Waals surface area contributed by atoms with Gasteiger partial charge in [-0.1, -0.05) is 67.0 Å². The van der Waals surface area contributed by atoms with Crippen LogP contribution in [0.1, 0.15) is 89.8 Å². The molecule has 0 radical (unpaired) electrons. The third kappa shape index (κ3) is 9.33. The van der Waals surface area contributed by atoms with E-state index in [0.717, 1.165) is 25.0 Å². The summed E-state index contributed by atoms with van der Waals surface area (Å²) in [6.07, 6.45) is -2.65. The molecule has 2 unspecified atom stereocenters. The zero-order valence-corrected chi connectivity index (χ0v) is 19.9. The van der Waals surface area contributed by atoms with E-state index in [-0.39, 0.29) is 17.2 Å². The first kappa shape index (κ1) is 28.2. The molecule has 0 spiro atoms. The highest BCUT2D eigenvalue weighted by atomic mass is 19.4. The fraction of sp³-hybridized carbons (Fsp3) is 0.615. The molecule has 6 heteroatoms. The van der Waals surface area contributed by atoms with Gasteiger partial charge in [-0.05, 0) is 48.3 Å². The van der Waals surface area contributed by atoms with Crippen LogP contribution in [0.2, 0.25) is 0 Å². The van der Waals surface area contributed by atoms with Crippen LogP contribution in [-0.2, 0) is 10.9 Å². The number of benzene rings is 1. The minimum Gasteiger partial charge on any atom is -0.462 e. The van der Waals surface area contributed by atoms with E-state index in [4.69, 9.17) is 4.74 Å². The minimum absolute atomic E-state index is 0.119. The Hall–Kier alpha value is -1.85. The highest BCUT2D eigenvalue weighted by molar-refractivity contribution is 5.60. The Morgan fingerprint density at radius 1 is 0.969 bits per heavy atom. The van der Waals surface area contributed by atoms with E-state index >= 15 is 0 Å². The van der Waals surface area contributed by atoms with Gasteiger partial charge in [0.2, 0.25) is 0 Å². The first-order chi connectivity index (χ1) is 14.7. The van der Waals surface area contributed by atoms with Crippen LogP contribution in [-0.4, -0.2) is 0 Å². The van der Waals surface area contributed by atoms with Gasteiger partial charge in [0.05, 0.1) is 11.3 Å². The standard InChI is InChI=1S/C26H37F5O/c1-8-21(10-9-16(2)3)12-18(5)17(4)11-19(6)32-20(7)22-13-23(25(27)28)15-24(14-22)26(29,30)31/h13-18,21,25H,6-12H2,1-5H3/t17?,18?,21-/m1/s1. The summed E-state index contributed by atoms with van der Waals surface area (Å²) < 4.78 is 71.0. The lowest BCUT2D eigenvalue weighted by Gasteiger charge is -2.26. The molecule has 1 aromatic carbocycles. The van der Waals surface area contributed by atoms with Crippen molar-refractivity contribution in [2.24, 2.45) is 23.7 Å². The number of allylic oxidation sites excluding steroid dienone is 1. The molecule has 0 saturated carbocycles. The predicted octanol–water partition coefficient (Wildman–Crippen LogP) is 9.66. The molecule has 0 aromatic heterocycles. The minimum atomic E-state index is -4.74. The molecule has 0 heterocycles. The maximum absolute atomic E-state index is 13.1. The Morgan fingerprint density at radius 2 is 1.59 bits per heavy atom. The molecule has 1 nitrogen and oxygen atoms in total. The molecule has 1 rings (SSSR count). The van der Waals surface area contributed by atoms with Crippen molar-refractivity contribution in [1.29, 1.82) is 0 Å². The largest absolute Gasteiger partial charge is 0.462 e. The smallest absolute Gasteiger partial charge is 0.416 e. The summed E-state index contributed by atoms with van der Waals surface area (Å²) >= 11 is 0. The predicted molar refractivity (Wildman–Crippen MR) is 121 cm³/mol. The summed E-state index contributed by atoms with van der Waals surface area (Å²) in [7, 11) is 0. The molecule has 0 fully saturated rings. The van der Waals surface area contributed by atoms with Crippen molar-refractivity contribution in [2.75, 3.05) is 0 Å². The van der Waals surface area contributed by atoms with Crippen LogP contribution in [0.15, 0.2) is 37.1 Å². The van der Waals surface area contributed by atoms with Crippen molar-refractivity contribution in [2.45, 2.75) is 79.3 Å². The molecule has 0 amide bonds. The van der Waals surface area contributed by atoms with Gasteiger partial charge >= 0.3 is 6.18 Å². The van der Waals surface area contributed by atoms with Crippen LogP contribution in [0.5, 0.6) is 0 Å². The van der Waals surface area contributed by atoms with Crippen molar-refractivity contribution >= 4 is 5.76 Å². The number of hydrogen-bond acceptors (Lipinski definition) is 1. The van der Waals surface area contributed by atoms with E-state index in [1.165, 1.54) is 12.8 Å². The topological polar surface area (TPSA) is 9.23 Å². The summed E-state index contributed by atoms with van der Waals surface area (Å²) in [5.74, 6) is 2.24. The maximum Gasteiger partial charge on any atom is 0.416 e. The van der Waals surface area contributed by atoms with Gasteiger partial charge in [0, 0.05) is 17.5 Å². The summed E-state index contributed by atoms with van der Waals surface area (Å²) in [6, 6.07) is 2.19. The van der Waals surface area contributed by atoms with E-state index in [1.54, 1.807) is 0 Å². The molecule has 182 valence electrons. The van der Waals surface area contributed by atoms with E-state index in [9.17, 15) is 22.0 Å². The van der Waals surface area contributed by atoms with Crippen LogP contribution in [0.25, 0.3) is 5.76 Å². The Labute approximate surface area is 189 Å². The normalized spacial score (nSPS) is 15.0. The molecular formula is C26H37F5O. The molecular weight excluding hydrogens is 423 g/mol. The quantitative estimate of drug-likeness (QED) is 0.210. The van der Waals surface area contributed by atoms with Gasteiger partial charge in [-0.3, -0.25) is 0 Å². The number of hydrogen-bond donors (Lipinski definition) is 0. The number of halogens is 5. The van der Waals surface area contributed by atoms with Gasteiger partial charge in [-0.15, -0.1) is 0 Å². The SMILES string of the molecule is C=C(CC(C)C(C)C[C@H](CC)CCC(C)C)OC(=C)c1cc(C(F)F)cc(C(F)(F)F)c1. The second-order valence-corrected chi connectivity index (χ2v) is 9.35. The van der Waals surface area contributed by atoms with Crippen LogP contribution >= 0.6 is 0 Å². The molecule has 0 bridgehead atoms. The maximum atomic E-state index is 13.1. The fourth-order valence-corrected chi connectivity index (χ4v) is 3.75. The third-order valence-electron chi connectivity index (χ3n) is 6.08. The molecule has 0 saturated heterocycles. The summed E-state index contributed by atoms with van der Waals surface area (Å²) in [5.41, 5.74) is -2.01. The van der Waals surface area contributed by atoms with Crippen LogP contribution in [0.3, 0.4) is 0 Å². The fourth-order valence-electron chi connectivity index (χ4n) is 3.75. The lowest BCUT2D eigenvalue weighted by Crippen LogP contribution is -2.15. The summed E-state index contributed by atoms with van der Waals surface area (Å²) in [5, 5.41) is 0. The van der Waals surface area contributed by atoms with Gasteiger partial charge in [-0.2, -0.15) is 13.2 Å². The van der Waals surface area contributed by atoms with Crippen molar-refractivity contribution in [3.05, 3.63) is 53.8 Å². The van der Waals surface area contributed by atoms with E-state index in [2.05, 4.69) is 47.8 Å². The average molecular weight is 461 g/mol. The molecule has 0 aliphatic heterocycles. The van der Waals surface area contributed by atoms with Gasteiger partial charge < -0.3 is 4.74 Å². The Balaban J connectivity index is 2.78. The Bertz CT molecular complexity index is 751. The molecule has 3 atom stereocenters. The van der Waals surface area contributed by atoms with Gasteiger partial charge in [0.15, 0.2) is 0 Å². The van der Waals surface area contributed by atoms with E-state index in [0.29, 0.717) is 36.0 Å². The lowest BCUT2D eigenvalue weighted by molar-refractivity contribution is -0.137. The Morgan fingerprint density at radius 3 is 2.09 bits per heavy atom. The molecule has 1 aromatic rings. The second kappa shape index (κ2) is 12.4. The van der Waals surface area contributed by atoms with Crippen LogP contribution in [0.4, 0.5) is 22.0 Å². The summed E-state index contributed by atoms with van der Waals surface area (Å²) in [6.45, 7) is 18.5. The van der Waals surface area contributed by atoms with Gasteiger partial charge in [0.25, 0.3) is 6.43 Å². The molecule has 0 N–H and O–H groups in total. The van der Waals surface area contributed by atoms with Crippen LogP contribution in [0, 0.1) is 23.7 Å². The van der Waals surface area contributed by atoms with Gasteiger partial charge in [0.1, 0.15) is 5.76 Å². The zero-order valence-electron chi connectivity index (χ0n) is 19.9. The summed E-state index contributed by atoms with van der Waals surface area (Å²) in [4.78, 5) is 0. The zero-order chi connectivity index (χ0) is 24.6. The third-order valence-corrected chi connectivity index (χ3v) is 6.08. The van der Waals surface area contributed by atoms with Gasteiger partial charge in [-0.25, -0.2) is 8.78 Å². The van der Waals surface area contributed by atoms with E-state index in [1.807, 2.05) is 0 Å². The van der Waals surface area contributed by atoms with Crippen molar-refractivity contribution < 1.29 is 26.7 Å². The first-order valence-corrected chi connectivity index (χ1v) is 11.3. The molecule has 32 heavy (non-hydrogen) atoms. The number of alkyl halides is 5. The number of rotatable bonds is 13. The molecule has 0 aliphatic carbocycles. The van der Waals surface area contributed by atoms with Crippen LogP contribution < -0.4 is 0 Å². The highest BCUT2D eigenvalue weighted by Gasteiger charge is 2.32. The monoisotopic (exact) mass is 460 g/mol. The van der Waals surface area contributed by atoms with Crippen molar-refractivity contribution in [3.63, 3.8) is 0 Å². The Kier molecular flexibility index (Phi) is 10.9. The molecule has 0 aliphatic rings. The number of ether oxygens (including phenoxy) is 1. The highest BCUT2D eigenvalue weighted by Crippen LogP contribution is 2.36.